The Hall–Kier alpha value is -0.870. The number of rotatable bonds is 6. The molecule has 0 bridgehead atoms. The normalized spacial score (nSPS) is 15.5. The second kappa shape index (κ2) is 6.17. The third-order valence-corrected chi connectivity index (χ3v) is 5.37. The predicted octanol–water partition coefficient (Wildman–Crippen LogP) is 1.80. The highest BCUT2D eigenvalue weighted by molar-refractivity contribution is 7.92. The van der Waals surface area contributed by atoms with Crippen molar-refractivity contribution in [1.82, 2.24) is 0 Å². The Labute approximate surface area is 103 Å². The fourth-order valence-corrected chi connectivity index (χ4v) is 3.13. The fraction of sp³-hybridized carbons (Fsp3) is 0.538. The zero-order chi connectivity index (χ0) is 12.9. The van der Waals surface area contributed by atoms with Crippen LogP contribution in [0.2, 0.25) is 0 Å². The molecule has 0 fully saturated rings. The van der Waals surface area contributed by atoms with E-state index in [1.54, 1.807) is 6.92 Å². The summed E-state index contributed by atoms with van der Waals surface area (Å²) < 4.78 is 23.6. The van der Waals surface area contributed by atoms with Gasteiger partial charge in [-0.3, -0.25) is 0 Å². The van der Waals surface area contributed by atoms with Gasteiger partial charge in [-0.2, -0.15) is 0 Å². The molecule has 0 aliphatic heterocycles. The summed E-state index contributed by atoms with van der Waals surface area (Å²) in [5.41, 5.74) is 1.15. The molecule has 0 aliphatic rings. The van der Waals surface area contributed by atoms with Crippen molar-refractivity contribution in [3.8, 4) is 0 Å². The summed E-state index contributed by atoms with van der Waals surface area (Å²) in [4.78, 5) is 0. The van der Waals surface area contributed by atoms with Gasteiger partial charge >= 0.3 is 0 Å². The van der Waals surface area contributed by atoms with E-state index in [-0.39, 0.29) is 5.75 Å². The van der Waals surface area contributed by atoms with Gasteiger partial charge in [0.1, 0.15) is 0 Å². The van der Waals surface area contributed by atoms with E-state index in [2.05, 4.69) is 0 Å². The van der Waals surface area contributed by atoms with E-state index in [9.17, 15) is 13.5 Å². The highest BCUT2D eigenvalue weighted by Crippen LogP contribution is 2.10. The summed E-state index contributed by atoms with van der Waals surface area (Å²) in [7, 11) is -3.18. The van der Waals surface area contributed by atoms with Gasteiger partial charge in [-0.05, 0) is 32.3 Å². The highest BCUT2D eigenvalue weighted by atomic mass is 32.2. The first-order valence-electron chi connectivity index (χ1n) is 5.87. The zero-order valence-corrected chi connectivity index (χ0v) is 11.2. The largest absolute Gasteiger partial charge is 0.392 e. The molecule has 0 amide bonds. The minimum atomic E-state index is -3.18. The molecule has 17 heavy (non-hydrogen) atoms. The molecule has 1 rings (SSSR count). The maximum atomic E-state index is 11.8. The number of hydrogen-bond acceptors (Lipinski definition) is 3. The van der Waals surface area contributed by atoms with Crippen molar-refractivity contribution < 1.29 is 13.5 Å². The summed E-state index contributed by atoms with van der Waals surface area (Å²) in [6.45, 7) is 3.07. The van der Waals surface area contributed by atoms with Crippen molar-refractivity contribution in [2.45, 2.75) is 38.0 Å². The lowest BCUT2D eigenvalue weighted by atomic mass is 10.1. The van der Waals surface area contributed by atoms with Crippen molar-refractivity contribution >= 4 is 9.84 Å². The fourth-order valence-electron chi connectivity index (χ4n) is 1.61. The first-order chi connectivity index (χ1) is 7.93. The number of hydrogen-bond donors (Lipinski definition) is 1. The quantitative estimate of drug-likeness (QED) is 0.844. The molecule has 1 aromatic carbocycles. The molecule has 0 heterocycles. The monoisotopic (exact) mass is 256 g/mol. The van der Waals surface area contributed by atoms with Gasteiger partial charge in [-0.1, -0.05) is 30.3 Å². The molecule has 0 unspecified atom stereocenters. The van der Waals surface area contributed by atoms with E-state index in [1.165, 1.54) is 6.92 Å². The molecule has 3 nitrogen and oxygen atoms in total. The van der Waals surface area contributed by atoms with Gasteiger partial charge in [-0.25, -0.2) is 8.42 Å². The molecule has 0 spiro atoms. The Balaban J connectivity index is 2.46. The van der Waals surface area contributed by atoms with E-state index in [1.807, 2.05) is 30.3 Å². The zero-order valence-electron chi connectivity index (χ0n) is 10.3. The molecule has 1 N–H and O–H groups in total. The minimum absolute atomic E-state index is 0.133. The van der Waals surface area contributed by atoms with Crippen molar-refractivity contribution in [3.05, 3.63) is 35.9 Å². The van der Waals surface area contributed by atoms with Crippen molar-refractivity contribution in [2.75, 3.05) is 5.75 Å². The van der Waals surface area contributed by atoms with Crippen LogP contribution < -0.4 is 0 Å². The van der Waals surface area contributed by atoms with Crippen LogP contribution in [-0.4, -0.2) is 30.6 Å². The molecule has 4 heteroatoms. The summed E-state index contributed by atoms with van der Waals surface area (Å²) >= 11 is 0. The average molecular weight is 256 g/mol. The third kappa shape index (κ3) is 4.48. The lowest BCUT2D eigenvalue weighted by molar-refractivity contribution is 0.193. The topological polar surface area (TPSA) is 54.4 Å². The second-order valence-electron chi connectivity index (χ2n) is 4.40. The van der Waals surface area contributed by atoms with Gasteiger partial charge in [0.2, 0.25) is 0 Å². The number of aliphatic hydroxyl groups excluding tert-OH is 1. The molecule has 96 valence electrons. The number of aliphatic hydroxyl groups is 1. The summed E-state index contributed by atoms with van der Waals surface area (Å²) in [6.07, 6.45) is 0.549. The second-order valence-corrected chi connectivity index (χ2v) is 6.88. The molecule has 2 atom stereocenters. The molecule has 0 saturated heterocycles. The highest BCUT2D eigenvalue weighted by Gasteiger charge is 2.24. The van der Waals surface area contributed by atoms with Gasteiger partial charge in [0.05, 0.1) is 17.1 Å². The van der Waals surface area contributed by atoms with Crippen LogP contribution >= 0.6 is 0 Å². The Morgan fingerprint density at radius 2 is 1.76 bits per heavy atom. The van der Waals surface area contributed by atoms with E-state index < -0.39 is 21.2 Å². The van der Waals surface area contributed by atoms with Gasteiger partial charge in [0, 0.05) is 0 Å². The van der Waals surface area contributed by atoms with Crippen LogP contribution in [-0.2, 0) is 16.3 Å². The SMILES string of the molecule is C[C@H](O)[C@H](C)S(=O)(=O)CCCc1ccccc1. The van der Waals surface area contributed by atoms with E-state index in [4.69, 9.17) is 0 Å². The Morgan fingerprint density at radius 3 is 2.29 bits per heavy atom. The molecule has 0 aromatic heterocycles. The Bertz CT molecular complexity index is 423. The Kier molecular flexibility index (Phi) is 5.15. The summed E-state index contributed by atoms with van der Waals surface area (Å²) in [6, 6.07) is 9.82. The van der Waals surface area contributed by atoms with Crippen LogP contribution in [0.3, 0.4) is 0 Å². The van der Waals surface area contributed by atoms with Crippen LogP contribution in [0.1, 0.15) is 25.8 Å². The smallest absolute Gasteiger partial charge is 0.155 e. The van der Waals surface area contributed by atoms with Crippen molar-refractivity contribution in [2.24, 2.45) is 0 Å². The molecule has 0 saturated carbocycles. The van der Waals surface area contributed by atoms with Gasteiger partial charge in [-0.15, -0.1) is 0 Å². The lowest BCUT2D eigenvalue weighted by Gasteiger charge is -2.15. The minimum Gasteiger partial charge on any atom is -0.392 e. The van der Waals surface area contributed by atoms with Crippen LogP contribution in [0.5, 0.6) is 0 Å². The molecular formula is C13H20O3S. The van der Waals surface area contributed by atoms with E-state index in [0.717, 1.165) is 12.0 Å². The first kappa shape index (κ1) is 14.2. The van der Waals surface area contributed by atoms with E-state index in [0.29, 0.717) is 6.42 Å². The van der Waals surface area contributed by atoms with Gasteiger partial charge < -0.3 is 5.11 Å². The van der Waals surface area contributed by atoms with Crippen LogP contribution in [0.15, 0.2) is 30.3 Å². The number of benzene rings is 1. The summed E-state index contributed by atoms with van der Waals surface area (Å²) in [5.74, 6) is 0.133. The maximum Gasteiger partial charge on any atom is 0.155 e. The number of aryl methyl sites for hydroxylation is 1. The van der Waals surface area contributed by atoms with Gasteiger partial charge in [0.15, 0.2) is 9.84 Å². The standard InChI is InChI=1S/C13H20O3S/c1-11(14)12(2)17(15,16)10-6-9-13-7-4-3-5-8-13/h3-5,7-8,11-12,14H,6,9-10H2,1-2H3/t11-,12-/m0/s1. The Morgan fingerprint density at radius 1 is 1.18 bits per heavy atom. The molecule has 0 aliphatic carbocycles. The molecule has 0 radical (unpaired) electrons. The first-order valence-corrected chi connectivity index (χ1v) is 7.58. The predicted molar refractivity (Wildman–Crippen MR) is 69.7 cm³/mol. The number of sulfone groups is 1. The third-order valence-electron chi connectivity index (χ3n) is 2.98. The van der Waals surface area contributed by atoms with Crippen molar-refractivity contribution in [3.63, 3.8) is 0 Å². The lowest BCUT2D eigenvalue weighted by Crippen LogP contribution is -2.31. The average Bonchev–Trinajstić information content (AvgIpc) is 2.29. The van der Waals surface area contributed by atoms with Crippen LogP contribution in [0.25, 0.3) is 0 Å². The molecule has 1 aromatic rings. The van der Waals surface area contributed by atoms with Crippen molar-refractivity contribution in [1.29, 1.82) is 0 Å². The van der Waals surface area contributed by atoms with Crippen LogP contribution in [0, 0.1) is 0 Å². The molecular weight excluding hydrogens is 236 g/mol. The summed E-state index contributed by atoms with van der Waals surface area (Å²) in [5, 5.41) is 8.61. The van der Waals surface area contributed by atoms with Gasteiger partial charge in [0.25, 0.3) is 0 Å². The maximum absolute atomic E-state index is 11.8. The van der Waals surface area contributed by atoms with Crippen LogP contribution in [0.4, 0.5) is 0 Å². The van der Waals surface area contributed by atoms with E-state index >= 15 is 0 Å².